The number of carbonyl (C=O) groups excluding carboxylic acids is 2. The van der Waals surface area contributed by atoms with Crippen LogP contribution in [0.2, 0.25) is 0 Å². The molecule has 2 N–H and O–H groups in total. The first-order chi connectivity index (χ1) is 18.2. The number of rotatable bonds is 9. The third-order valence-corrected chi connectivity index (χ3v) is 8.60. The third-order valence-electron chi connectivity index (χ3n) is 6.70. The van der Waals surface area contributed by atoms with Gasteiger partial charge in [-0.2, -0.15) is 4.31 Å². The van der Waals surface area contributed by atoms with E-state index in [-0.39, 0.29) is 42.3 Å². The molecule has 10 heteroatoms. The maximum absolute atomic E-state index is 13.3. The van der Waals surface area contributed by atoms with Gasteiger partial charge in [0.25, 0.3) is 0 Å². The van der Waals surface area contributed by atoms with Gasteiger partial charge in [-0.25, -0.2) is 8.42 Å². The van der Waals surface area contributed by atoms with Crippen LogP contribution in [0.1, 0.15) is 25.3 Å². The number of hydrogen-bond acceptors (Lipinski definition) is 6. The third kappa shape index (κ3) is 6.43. The molecule has 1 saturated heterocycles. The minimum Gasteiger partial charge on any atom is -0.497 e. The standard InChI is InChI=1S/C28H33N3O6S/c1-19(32)29-27(16-20-14-24(36-2)18-25(15-20)37-3)28(33)30-23-10-12-31(13-11-23)38(34,35)26-9-8-21-6-4-5-7-22(21)17-26/h4-9,14-15,17-18,23,27H,10-13,16H2,1-3H3,(H,29,32)(H,30,33)/t27-/m1/s1. The molecule has 0 bridgehead atoms. The van der Waals surface area contributed by atoms with Gasteiger partial charge in [0, 0.05) is 38.5 Å². The van der Waals surface area contributed by atoms with Crippen molar-refractivity contribution in [3.63, 3.8) is 0 Å². The molecule has 3 aromatic rings. The molecular formula is C28H33N3O6S. The van der Waals surface area contributed by atoms with E-state index in [9.17, 15) is 18.0 Å². The molecule has 0 unspecified atom stereocenters. The van der Waals surface area contributed by atoms with Crippen LogP contribution in [-0.4, -0.2) is 63.9 Å². The van der Waals surface area contributed by atoms with Crippen molar-refractivity contribution in [3.8, 4) is 11.5 Å². The van der Waals surface area contributed by atoms with E-state index in [1.54, 1.807) is 44.6 Å². The summed E-state index contributed by atoms with van der Waals surface area (Å²) in [5.41, 5.74) is 0.770. The first-order valence-corrected chi connectivity index (χ1v) is 13.9. The second kappa shape index (κ2) is 11.8. The monoisotopic (exact) mass is 539 g/mol. The Morgan fingerprint density at radius 1 is 0.947 bits per heavy atom. The molecule has 1 aliphatic heterocycles. The minimum atomic E-state index is -3.65. The number of carbonyl (C=O) groups is 2. The van der Waals surface area contributed by atoms with Gasteiger partial charge in [-0.05, 0) is 53.4 Å². The zero-order valence-corrected chi connectivity index (χ0v) is 22.6. The summed E-state index contributed by atoms with van der Waals surface area (Å²) in [6.07, 6.45) is 1.19. The number of sulfonamides is 1. The molecule has 1 heterocycles. The summed E-state index contributed by atoms with van der Waals surface area (Å²) in [6.45, 7) is 1.94. The van der Waals surface area contributed by atoms with E-state index < -0.39 is 16.1 Å². The number of nitrogens with zero attached hydrogens (tertiary/aromatic N) is 1. The van der Waals surface area contributed by atoms with Crippen molar-refractivity contribution in [3.05, 3.63) is 66.2 Å². The molecule has 0 aromatic heterocycles. The Morgan fingerprint density at radius 3 is 2.18 bits per heavy atom. The van der Waals surface area contributed by atoms with Crippen LogP contribution in [0.15, 0.2) is 65.6 Å². The average Bonchev–Trinajstić information content (AvgIpc) is 2.92. The van der Waals surface area contributed by atoms with E-state index >= 15 is 0 Å². The van der Waals surface area contributed by atoms with Crippen LogP contribution < -0.4 is 20.1 Å². The van der Waals surface area contributed by atoms with Gasteiger partial charge in [0.05, 0.1) is 19.1 Å². The molecule has 0 spiro atoms. The van der Waals surface area contributed by atoms with E-state index in [0.717, 1.165) is 16.3 Å². The molecule has 0 radical (unpaired) electrons. The summed E-state index contributed by atoms with van der Waals surface area (Å²) in [5.74, 6) is 0.525. The van der Waals surface area contributed by atoms with Crippen molar-refractivity contribution >= 4 is 32.6 Å². The maximum atomic E-state index is 13.3. The Balaban J connectivity index is 1.40. The molecule has 202 valence electrons. The Morgan fingerprint density at radius 2 is 1.58 bits per heavy atom. The summed E-state index contributed by atoms with van der Waals surface area (Å²) < 4.78 is 38.6. The Kier molecular flexibility index (Phi) is 8.53. The molecule has 1 aliphatic rings. The van der Waals surface area contributed by atoms with Gasteiger partial charge >= 0.3 is 0 Å². The van der Waals surface area contributed by atoms with E-state index in [2.05, 4.69) is 10.6 Å². The van der Waals surface area contributed by atoms with Crippen LogP contribution in [0.25, 0.3) is 10.8 Å². The van der Waals surface area contributed by atoms with Gasteiger partial charge in [-0.3, -0.25) is 9.59 Å². The molecule has 1 atom stereocenters. The van der Waals surface area contributed by atoms with E-state index in [1.807, 2.05) is 30.3 Å². The van der Waals surface area contributed by atoms with E-state index in [4.69, 9.17) is 9.47 Å². The number of amides is 2. The largest absolute Gasteiger partial charge is 0.497 e. The van der Waals surface area contributed by atoms with Crippen LogP contribution in [0.3, 0.4) is 0 Å². The van der Waals surface area contributed by atoms with E-state index in [0.29, 0.717) is 24.3 Å². The highest BCUT2D eigenvalue weighted by molar-refractivity contribution is 7.89. The molecule has 9 nitrogen and oxygen atoms in total. The number of piperidine rings is 1. The number of methoxy groups -OCH3 is 2. The van der Waals surface area contributed by atoms with Gasteiger partial charge in [-0.1, -0.05) is 30.3 Å². The highest BCUT2D eigenvalue weighted by atomic mass is 32.2. The normalized spacial score (nSPS) is 15.6. The summed E-state index contributed by atoms with van der Waals surface area (Å²) in [7, 11) is -0.562. The number of nitrogens with one attached hydrogen (secondary N) is 2. The maximum Gasteiger partial charge on any atom is 0.243 e. The minimum absolute atomic E-state index is 0.207. The smallest absolute Gasteiger partial charge is 0.243 e. The molecule has 4 rings (SSSR count). The first-order valence-electron chi connectivity index (χ1n) is 12.5. The predicted octanol–water partition coefficient (Wildman–Crippen LogP) is 2.87. The van der Waals surface area contributed by atoms with Gasteiger partial charge in [0.2, 0.25) is 21.8 Å². The highest BCUT2D eigenvalue weighted by Gasteiger charge is 2.31. The van der Waals surface area contributed by atoms with Crippen molar-refractivity contribution in [1.82, 2.24) is 14.9 Å². The predicted molar refractivity (Wildman–Crippen MR) is 145 cm³/mol. The molecule has 1 fully saturated rings. The fraction of sp³-hybridized carbons (Fsp3) is 0.357. The summed E-state index contributed by atoms with van der Waals surface area (Å²) in [5, 5.41) is 7.57. The topological polar surface area (TPSA) is 114 Å². The SMILES string of the molecule is COc1cc(C[C@@H](NC(C)=O)C(=O)NC2CCN(S(=O)(=O)c3ccc4ccccc4c3)CC2)cc(OC)c1. The number of ether oxygens (including phenoxy) is 2. The zero-order chi connectivity index (χ0) is 27.3. The summed E-state index contributed by atoms with van der Waals surface area (Å²) in [4.78, 5) is 25.3. The lowest BCUT2D eigenvalue weighted by molar-refractivity contribution is -0.128. The lowest BCUT2D eigenvalue weighted by Crippen LogP contribution is -2.53. The van der Waals surface area contributed by atoms with Crippen LogP contribution in [-0.2, 0) is 26.0 Å². The second-order valence-corrected chi connectivity index (χ2v) is 11.3. The molecule has 0 aliphatic carbocycles. The second-order valence-electron chi connectivity index (χ2n) is 9.37. The average molecular weight is 540 g/mol. The quantitative estimate of drug-likeness (QED) is 0.432. The first kappa shape index (κ1) is 27.4. The van der Waals surface area contributed by atoms with Gasteiger partial charge in [0.1, 0.15) is 17.5 Å². The molecule has 3 aromatic carbocycles. The zero-order valence-electron chi connectivity index (χ0n) is 21.8. The number of hydrogen-bond donors (Lipinski definition) is 2. The van der Waals surface area contributed by atoms with Crippen molar-refractivity contribution < 1.29 is 27.5 Å². The molecule has 0 saturated carbocycles. The van der Waals surface area contributed by atoms with Gasteiger partial charge < -0.3 is 20.1 Å². The Labute approximate surface area is 223 Å². The lowest BCUT2D eigenvalue weighted by Gasteiger charge is -2.32. The van der Waals surface area contributed by atoms with Crippen molar-refractivity contribution in [2.75, 3.05) is 27.3 Å². The molecular weight excluding hydrogens is 506 g/mol. The Bertz CT molecular complexity index is 1390. The van der Waals surface area contributed by atoms with Crippen LogP contribution in [0, 0.1) is 0 Å². The van der Waals surface area contributed by atoms with Gasteiger partial charge in [-0.15, -0.1) is 0 Å². The number of benzene rings is 3. The highest BCUT2D eigenvalue weighted by Crippen LogP contribution is 2.25. The summed E-state index contributed by atoms with van der Waals surface area (Å²) >= 11 is 0. The van der Waals surface area contributed by atoms with Crippen LogP contribution >= 0.6 is 0 Å². The van der Waals surface area contributed by atoms with Gasteiger partial charge in [0.15, 0.2) is 0 Å². The molecule has 2 amide bonds. The van der Waals surface area contributed by atoms with Crippen molar-refractivity contribution in [2.45, 2.75) is 43.2 Å². The Hall–Kier alpha value is -3.63. The summed E-state index contributed by atoms with van der Waals surface area (Å²) in [6, 6.07) is 17.1. The van der Waals surface area contributed by atoms with E-state index in [1.165, 1.54) is 11.2 Å². The van der Waals surface area contributed by atoms with Crippen LogP contribution in [0.5, 0.6) is 11.5 Å². The fourth-order valence-corrected chi connectivity index (χ4v) is 6.20. The van der Waals surface area contributed by atoms with Crippen molar-refractivity contribution in [1.29, 1.82) is 0 Å². The van der Waals surface area contributed by atoms with Crippen LogP contribution in [0.4, 0.5) is 0 Å². The van der Waals surface area contributed by atoms with Crippen molar-refractivity contribution in [2.24, 2.45) is 0 Å². The number of fused-ring (bicyclic) bond motifs is 1. The fourth-order valence-electron chi connectivity index (χ4n) is 4.69. The molecule has 38 heavy (non-hydrogen) atoms. The lowest BCUT2D eigenvalue weighted by atomic mass is 10.0.